The molecule has 0 aliphatic carbocycles. The minimum absolute atomic E-state index is 0.431. The van der Waals surface area contributed by atoms with Gasteiger partial charge in [-0.1, -0.05) is 47.7 Å². The summed E-state index contributed by atoms with van der Waals surface area (Å²) >= 11 is 0. The van der Waals surface area contributed by atoms with E-state index in [0.717, 1.165) is 21.9 Å². The van der Waals surface area contributed by atoms with Crippen molar-refractivity contribution in [2.75, 3.05) is 7.11 Å². The molecule has 0 atom stereocenters. The molecule has 2 aromatic carbocycles. The van der Waals surface area contributed by atoms with Crippen LogP contribution in [0.3, 0.4) is 0 Å². The number of rotatable bonds is 1. The normalized spacial score (nSPS) is 21.6. The van der Waals surface area contributed by atoms with Gasteiger partial charge in [-0.05, 0) is 66.8 Å². The van der Waals surface area contributed by atoms with E-state index in [9.17, 15) is 0 Å². The number of fused-ring (bicyclic) bond motifs is 1. The molecule has 7 heteroatoms. The topological polar surface area (TPSA) is 46.2 Å². The lowest BCUT2D eigenvalue weighted by atomic mass is 9.89. The van der Waals surface area contributed by atoms with E-state index in [4.69, 9.17) is 23.4 Å². The third kappa shape index (κ3) is 4.35. The van der Waals surface area contributed by atoms with E-state index in [1.165, 1.54) is 0 Å². The highest BCUT2D eigenvalue weighted by Crippen LogP contribution is 2.38. The van der Waals surface area contributed by atoms with Gasteiger partial charge in [0.2, 0.25) is 0 Å². The van der Waals surface area contributed by atoms with Gasteiger partial charge < -0.3 is 23.4 Å². The summed E-state index contributed by atoms with van der Waals surface area (Å²) in [5, 5.41) is 1.93. The minimum Gasteiger partial charge on any atom is -0.495 e. The molecule has 2 fully saturated rings. The summed E-state index contributed by atoms with van der Waals surface area (Å²) in [6, 6.07) is 9.93. The Kier molecular flexibility index (Phi) is 6.08. The maximum absolute atomic E-state index is 6.04. The fourth-order valence-electron chi connectivity index (χ4n) is 3.81. The summed E-state index contributed by atoms with van der Waals surface area (Å²) in [6.45, 7) is 16.1. The quantitative estimate of drug-likeness (QED) is 0.454. The predicted octanol–water partition coefficient (Wildman–Crippen LogP) is 4.81. The molecule has 0 radical (unpaired) electrons. The Hall–Kier alpha value is -2.41. The van der Waals surface area contributed by atoms with E-state index >= 15 is 0 Å². The van der Waals surface area contributed by atoms with Gasteiger partial charge in [0.25, 0.3) is 0 Å². The molecule has 0 bridgehead atoms. The van der Waals surface area contributed by atoms with Crippen LogP contribution in [0.25, 0.3) is 10.8 Å². The van der Waals surface area contributed by atoms with Gasteiger partial charge in [-0.3, -0.25) is 0 Å². The lowest BCUT2D eigenvalue weighted by Gasteiger charge is -2.32. The van der Waals surface area contributed by atoms with Gasteiger partial charge in [0.05, 0.1) is 35.1 Å². The Morgan fingerprint density at radius 2 is 1.12 bits per heavy atom. The molecule has 34 heavy (non-hydrogen) atoms. The Bertz CT molecular complexity index is 1210. The zero-order valence-corrected chi connectivity index (χ0v) is 21.6. The zero-order valence-electron chi connectivity index (χ0n) is 21.6. The molecule has 0 spiro atoms. The first-order chi connectivity index (χ1) is 15.8. The van der Waals surface area contributed by atoms with Crippen LogP contribution in [0.2, 0.25) is 0 Å². The molecule has 2 aromatic rings. The van der Waals surface area contributed by atoms with Crippen molar-refractivity contribution in [3.63, 3.8) is 0 Å². The minimum atomic E-state index is -0.615. The second kappa shape index (κ2) is 8.36. The van der Waals surface area contributed by atoms with E-state index in [2.05, 4.69) is 23.5 Å². The Labute approximate surface area is 204 Å². The van der Waals surface area contributed by atoms with Crippen LogP contribution in [0.4, 0.5) is 0 Å². The van der Waals surface area contributed by atoms with Gasteiger partial charge in [0.1, 0.15) is 5.75 Å². The SMILES string of the molecule is COc1cc(C#CB2OC(C)(C)C(C)(C)O2)c2ccccc2c1C#CB1OC(C)(C)C(C)(C)O1. The predicted molar refractivity (Wildman–Crippen MR) is 136 cm³/mol. The third-order valence-corrected chi connectivity index (χ3v) is 7.37. The number of ether oxygens (including phenoxy) is 1. The molecule has 0 amide bonds. The van der Waals surface area contributed by atoms with Crippen LogP contribution in [0, 0.1) is 23.5 Å². The summed E-state index contributed by atoms with van der Waals surface area (Å²) in [4.78, 5) is 0. The van der Waals surface area contributed by atoms with Crippen molar-refractivity contribution in [3.8, 4) is 29.2 Å². The average molecular weight is 458 g/mol. The van der Waals surface area contributed by atoms with Crippen molar-refractivity contribution in [2.45, 2.75) is 77.8 Å². The highest BCUT2D eigenvalue weighted by molar-refractivity contribution is 6.56. The van der Waals surface area contributed by atoms with Gasteiger partial charge in [0.15, 0.2) is 0 Å². The standard InChI is InChI=1S/C27H32B2O5/c1-24(2)25(3,4)32-28(31-24)16-14-19-18-23(30-9)22(21-13-11-10-12-20(19)21)15-17-29-33-26(5,6)27(7,8)34-29/h10-13,18H,1-9H3. The highest BCUT2D eigenvalue weighted by Gasteiger charge is 2.51. The van der Waals surface area contributed by atoms with E-state index in [-0.39, 0.29) is 0 Å². The van der Waals surface area contributed by atoms with Gasteiger partial charge in [-0.2, -0.15) is 0 Å². The fraction of sp³-hybridized carbons (Fsp3) is 0.481. The van der Waals surface area contributed by atoms with Crippen LogP contribution < -0.4 is 4.74 Å². The molecule has 0 aromatic heterocycles. The van der Waals surface area contributed by atoms with Crippen molar-refractivity contribution >= 4 is 25.0 Å². The molecule has 2 heterocycles. The Morgan fingerprint density at radius 3 is 1.59 bits per heavy atom. The molecule has 176 valence electrons. The van der Waals surface area contributed by atoms with Crippen LogP contribution >= 0.6 is 0 Å². The van der Waals surface area contributed by atoms with E-state index < -0.39 is 36.6 Å². The maximum Gasteiger partial charge on any atom is 0.551 e. The Morgan fingerprint density at radius 1 is 0.676 bits per heavy atom. The molecule has 2 saturated heterocycles. The highest BCUT2D eigenvalue weighted by atomic mass is 16.7. The molecule has 0 unspecified atom stereocenters. The molecular formula is C27H32B2O5. The van der Waals surface area contributed by atoms with Gasteiger partial charge in [0, 0.05) is 10.9 Å². The van der Waals surface area contributed by atoms with Crippen molar-refractivity contribution < 1.29 is 23.4 Å². The lowest BCUT2D eigenvalue weighted by molar-refractivity contribution is 0.00578. The number of methoxy groups -OCH3 is 1. The van der Waals surface area contributed by atoms with Gasteiger partial charge >= 0.3 is 14.2 Å². The van der Waals surface area contributed by atoms with E-state index in [0.29, 0.717) is 5.75 Å². The van der Waals surface area contributed by atoms with E-state index in [1.54, 1.807) is 7.11 Å². The molecule has 4 rings (SSSR count). The van der Waals surface area contributed by atoms with E-state index in [1.807, 2.05) is 85.7 Å². The zero-order chi connectivity index (χ0) is 24.9. The second-order valence-corrected chi connectivity index (χ2v) is 10.8. The summed E-state index contributed by atoms with van der Waals surface area (Å²) in [5.74, 6) is 13.4. The van der Waals surface area contributed by atoms with Crippen molar-refractivity contribution in [1.29, 1.82) is 0 Å². The van der Waals surface area contributed by atoms with Crippen molar-refractivity contribution in [1.82, 2.24) is 0 Å². The molecule has 2 aliphatic heterocycles. The molecule has 2 aliphatic rings. The Balaban J connectivity index is 1.72. The van der Waals surface area contributed by atoms with Crippen LogP contribution in [-0.4, -0.2) is 43.8 Å². The summed E-state index contributed by atoms with van der Waals surface area (Å²) in [7, 11) is 0.420. The van der Waals surface area contributed by atoms with Crippen molar-refractivity contribution in [2.24, 2.45) is 0 Å². The smallest absolute Gasteiger partial charge is 0.495 e. The van der Waals surface area contributed by atoms with Crippen molar-refractivity contribution in [3.05, 3.63) is 41.5 Å². The summed E-state index contributed by atoms with van der Waals surface area (Å²) in [6.07, 6.45) is 0. The molecule has 0 N–H and O–H groups in total. The lowest BCUT2D eigenvalue weighted by Crippen LogP contribution is -2.41. The van der Waals surface area contributed by atoms with Crippen LogP contribution in [0.5, 0.6) is 5.75 Å². The summed E-state index contributed by atoms with van der Waals surface area (Å²) < 4.78 is 29.8. The number of hydrogen-bond donors (Lipinski definition) is 0. The van der Waals surface area contributed by atoms with Gasteiger partial charge in [-0.25, -0.2) is 0 Å². The maximum atomic E-state index is 6.04. The third-order valence-electron chi connectivity index (χ3n) is 7.37. The molecule has 5 nitrogen and oxygen atoms in total. The van der Waals surface area contributed by atoms with Gasteiger partial charge in [-0.15, -0.1) is 0 Å². The first-order valence-electron chi connectivity index (χ1n) is 11.6. The number of hydrogen-bond acceptors (Lipinski definition) is 5. The monoisotopic (exact) mass is 458 g/mol. The second-order valence-electron chi connectivity index (χ2n) is 10.8. The average Bonchev–Trinajstić information content (AvgIpc) is 3.08. The first-order valence-corrected chi connectivity index (χ1v) is 11.6. The van der Waals surface area contributed by atoms with Crippen LogP contribution in [-0.2, 0) is 18.6 Å². The summed E-state index contributed by atoms with van der Waals surface area (Å²) in [5.41, 5.74) is -0.146. The molecule has 0 saturated carbocycles. The first kappa shape index (κ1) is 24.7. The van der Waals surface area contributed by atoms with Crippen LogP contribution in [0.1, 0.15) is 66.5 Å². The molecular weight excluding hydrogens is 426 g/mol. The largest absolute Gasteiger partial charge is 0.551 e. The van der Waals surface area contributed by atoms with Crippen LogP contribution in [0.15, 0.2) is 30.3 Å². The fourth-order valence-corrected chi connectivity index (χ4v) is 3.81. The number of benzene rings is 2.